The van der Waals surface area contributed by atoms with Gasteiger partial charge >= 0.3 is 0 Å². The predicted molar refractivity (Wildman–Crippen MR) is 107 cm³/mol. The highest BCUT2D eigenvalue weighted by molar-refractivity contribution is 5.94. The van der Waals surface area contributed by atoms with Crippen molar-refractivity contribution in [1.29, 1.82) is 0 Å². The average Bonchev–Trinajstić information content (AvgIpc) is 2.70. The number of carbonyl (C=O) groups is 2. The normalized spacial score (nSPS) is 10.6. The number of nitrogens with zero attached hydrogens (tertiary/aromatic N) is 1. The van der Waals surface area contributed by atoms with Gasteiger partial charge in [0.1, 0.15) is 12.4 Å². The van der Waals surface area contributed by atoms with Gasteiger partial charge in [-0.1, -0.05) is 42.5 Å². The van der Waals surface area contributed by atoms with Crippen molar-refractivity contribution in [2.45, 2.75) is 20.5 Å². The quantitative estimate of drug-likeness (QED) is 0.693. The molecule has 2 aromatic carbocycles. The second kappa shape index (κ2) is 10.8. The lowest BCUT2D eigenvalue weighted by molar-refractivity contribution is -0.132. The zero-order valence-electron chi connectivity index (χ0n) is 15.9. The first-order valence-electron chi connectivity index (χ1n) is 9.12. The van der Waals surface area contributed by atoms with Gasteiger partial charge < -0.3 is 15.0 Å². The Hall–Kier alpha value is -3.08. The maximum Gasteiger partial charge on any atom is 0.247 e. The van der Waals surface area contributed by atoms with Crippen LogP contribution >= 0.6 is 0 Å². The van der Waals surface area contributed by atoms with E-state index < -0.39 is 0 Å². The van der Waals surface area contributed by atoms with Gasteiger partial charge in [-0.25, -0.2) is 0 Å². The van der Waals surface area contributed by atoms with Crippen LogP contribution in [-0.2, 0) is 16.2 Å². The van der Waals surface area contributed by atoms with Crippen LogP contribution in [0, 0.1) is 0 Å². The number of benzene rings is 2. The second-order valence-corrected chi connectivity index (χ2v) is 5.98. The van der Waals surface area contributed by atoms with Gasteiger partial charge in [0, 0.05) is 19.2 Å². The van der Waals surface area contributed by atoms with Crippen LogP contribution in [0.5, 0.6) is 5.75 Å². The number of hydrogen-bond donors (Lipinski definition) is 1. The van der Waals surface area contributed by atoms with Crippen molar-refractivity contribution in [3.05, 3.63) is 71.8 Å². The topological polar surface area (TPSA) is 58.6 Å². The molecule has 2 aromatic rings. The minimum absolute atomic E-state index is 0.0692. The fourth-order valence-electron chi connectivity index (χ4n) is 2.46. The van der Waals surface area contributed by atoms with Gasteiger partial charge in [-0.3, -0.25) is 9.59 Å². The minimum atomic E-state index is -0.187. The van der Waals surface area contributed by atoms with E-state index in [1.807, 2.05) is 68.4 Å². The van der Waals surface area contributed by atoms with Crippen LogP contribution < -0.4 is 10.1 Å². The van der Waals surface area contributed by atoms with Gasteiger partial charge in [0.15, 0.2) is 0 Å². The molecule has 5 nitrogen and oxygen atoms in total. The molecule has 0 saturated heterocycles. The number of carbonyl (C=O) groups excluding carboxylic acids is 2. The maximum absolute atomic E-state index is 12.2. The molecule has 0 spiro atoms. The lowest BCUT2D eigenvalue weighted by atomic mass is 10.2. The van der Waals surface area contributed by atoms with Gasteiger partial charge in [0.2, 0.25) is 11.8 Å². The largest absolute Gasteiger partial charge is 0.489 e. The first-order chi connectivity index (χ1) is 13.1. The second-order valence-electron chi connectivity index (χ2n) is 5.98. The Morgan fingerprint density at radius 3 is 2.37 bits per heavy atom. The van der Waals surface area contributed by atoms with E-state index in [2.05, 4.69) is 5.32 Å². The SMILES string of the molecule is CCNC(=O)CN(CC)C(=O)/C=C/c1ccc(OCc2ccccc2)cc1. The number of rotatable bonds is 9. The van der Waals surface area contributed by atoms with Gasteiger partial charge in [0.05, 0.1) is 6.54 Å². The Labute approximate surface area is 160 Å². The van der Waals surface area contributed by atoms with Crippen LogP contribution in [0.25, 0.3) is 6.08 Å². The molecule has 0 saturated carbocycles. The van der Waals surface area contributed by atoms with Crippen molar-refractivity contribution in [2.24, 2.45) is 0 Å². The summed E-state index contributed by atoms with van der Waals surface area (Å²) in [5.74, 6) is 0.433. The number of likely N-dealkylation sites (N-methyl/N-ethyl adjacent to an activating group) is 2. The van der Waals surface area contributed by atoms with E-state index in [-0.39, 0.29) is 18.4 Å². The summed E-state index contributed by atoms with van der Waals surface area (Å²) >= 11 is 0. The smallest absolute Gasteiger partial charge is 0.247 e. The van der Waals surface area contributed by atoms with Crippen molar-refractivity contribution < 1.29 is 14.3 Å². The molecule has 0 bridgehead atoms. The van der Waals surface area contributed by atoms with E-state index in [0.29, 0.717) is 19.7 Å². The molecule has 2 amide bonds. The van der Waals surface area contributed by atoms with Gasteiger partial charge in [-0.15, -0.1) is 0 Å². The number of ether oxygens (including phenoxy) is 1. The number of amides is 2. The summed E-state index contributed by atoms with van der Waals surface area (Å²) in [5.41, 5.74) is 2.00. The Kier molecular flexibility index (Phi) is 8.10. The summed E-state index contributed by atoms with van der Waals surface area (Å²) in [6.45, 7) is 5.32. The summed E-state index contributed by atoms with van der Waals surface area (Å²) < 4.78 is 5.75. The molecule has 0 aliphatic rings. The monoisotopic (exact) mass is 366 g/mol. The van der Waals surface area contributed by atoms with E-state index in [9.17, 15) is 9.59 Å². The van der Waals surface area contributed by atoms with Gasteiger partial charge in [-0.05, 0) is 43.2 Å². The van der Waals surface area contributed by atoms with Crippen molar-refractivity contribution in [3.8, 4) is 5.75 Å². The molecule has 0 unspecified atom stereocenters. The molecule has 1 N–H and O–H groups in total. The number of hydrogen-bond acceptors (Lipinski definition) is 3. The summed E-state index contributed by atoms with van der Waals surface area (Å²) in [7, 11) is 0. The van der Waals surface area contributed by atoms with E-state index in [1.54, 1.807) is 6.08 Å². The first kappa shape index (κ1) is 20.2. The molecule has 0 atom stereocenters. The molecule has 5 heteroatoms. The Balaban J connectivity index is 1.88. The lowest BCUT2D eigenvalue weighted by Gasteiger charge is -2.18. The van der Waals surface area contributed by atoms with E-state index in [1.165, 1.54) is 11.0 Å². The molecular weight excluding hydrogens is 340 g/mol. The third-order valence-corrected chi connectivity index (χ3v) is 3.95. The first-order valence-corrected chi connectivity index (χ1v) is 9.12. The Morgan fingerprint density at radius 1 is 1.04 bits per heavy atom. The van der Waals surface area contributed by atoms with E-state index >= 15 is 0 Å². The van der Waals surface area contributed by atoms with Crippen LogP contribution in [0.3, 0.4) is 0 Å². The summed E-state index contributed by atoms with van der Waals surface area (Å²) in [4.78, 5) is 25.4. The zero-order valence-corrected chi connectivity index (χ0v) is 15.9. The highest BCUT2D eigenvalue weighted by atomic mass is 16.5. The average molecular weight is 366 g/mol. The highest BCUT2D eigenvalue weighted by Gasteiger charge is 2.12. The fourth-order valence-corrected chi connectivity index (χ4v) is 2.46. The summed E-state index contributed by atoms with van der Waals surface area (Å²) in [6.07, 6.45) is 3.23. The van der Waals surface area contributed by atoms with Crippen LogP contribution in [0.2, 0.25) is 0 Å². The van der Waals surface area contributed by atoms with Crippen LogP contribution in [-0.4, -0.2) is 36.3 Å². The van der Waals surface area contributed by atoms with Crippen molar-refractivity contribution in [2.75, 3.05) is 19.6 Å². The van der Waals surface area contributed by atoms with E-state index in [4.69, 9.17) is 4.74 Å². The summed E-state index contributed by atoms with van der Waals surface area (Å²) in [5, 5.41) is 2.70. The third-order valence-electron chi connectivity index (χ3n) is 3.95. The molecule has 0 fully saturated rings. The lowest BCUT2D eigenvalue weighted by Crippen LogP contribution is -2.39. The third kappa shape index (κ3) is 6.98. The molecular formula is C22H26N2O3. The minimum Gasteiger partial charge on any atom is -0.489 e. The van der Waals surface area contributed by atoms with Crippen LogP contribution in [0.4, 0.5) is 0 Å². The fraction of sp³-hybridized carbons (Fsp3) is 0.273. The molecule has 0 aliphatic carbocycles. The molecule has 0 aromatic heterocycles. The maximum atomic E-state index is 12.2. The Bertz CT molecular complexity index is 755. The van der Waals surface area contributed by atoms with Crippen LogP contribution in [0.1, 0.15) is 25.0 Å². The Morgan fingerprint density at radius 2 is 1.74 bits per heavy atom. The summed E-state index contributed by atoms with van der Waals surface area (Å²) in [6, 6.07) is 17.5. The number of nitrogens with one attached hydrogen (secondary N) is 1. The standard InChI is InChI=1S/C22H26N2O3/c1-3-23-21(25)16-24(4-2)22(26)15-12-18-10-13-20(14-11-18)27-17-19-8-6-5-7-9-19/h5-15H,3-4,16-17H2,1-2H3,(H,23,25)/b15-12+. The van der Waals surface area contributed by atoms with Crippen LogP contribution in [0.15, 0.2) is 60.7 Å². The van der Waals surface area contributed by atoms with E-state index in [0.717, 1.165) is 16.9 Å². The van der Waals surface area contributed by atoms with Gasteiger partial charge in [-0.2, -0.15) is 0 Å². The molecule has 27 heavy (non-hydrogen) atoms. The van der Waals surface area contributed by atoms with Crippen molar-refractivity contribution in [1.82, 2.24) is 10.2 Å². The molecule has 0 heterocycles. The molecule has 142 valence electrons. The van der Waals surface area contributed by atoms with Crippen molar-refractivity contribution in [3.63, 3.8) is 0 Å². The highest BCUT2D eigenvalue weighted by Crippen LogP contribution is 2.15. The predicted octanol–water partition coefficient (Wildman–Crippen LogP) is 3.26. The molecule has 0 radical (unpaired) electrons. The molecule has 0 aliphatic heterocycles. The van der Waals surface area contributed by atoms with Crippen molar-refractivity contribution >= 4 is 17.9 Å². The van der Waals surface area contributed by atoms with Gasteiger partial charge in [0.25, 0.3) is 0 Å². The molecule has 2 rings (SSSR count). The zero-order chi connectivity index (χ0) is 19.5.